The minimum Gasteiger partial charge on any atom is -0.423 e. The first-order valence-corrected chi connectivity index (χ1v) is 4.13. The van der Waals surface area contributed by atoms with Crippen LogP contribution >= 0.6 is 0 Å². The average Bonchev–Trinajstić information content (AvgIpc) is 2.49. The molecular weight excluding hydrogens is 209 g/mol. The minimum absolute atomic E-state index is 0.104. The van der Waals surface area contributed by atoms with Crippen LogP contribution in [0.4, 0.5) is 8.78 Å². The molecule has 0 atom stereocenters. The van der Waals surface area contributed by atoms with Gasteiger partial charge in [-0.1, -0.05) is 12.1 Å². The van der Waals surface area contributed by atoms with E-state index in [1.807, 2.05) is 0 Å². The zero-order valence-corrected chi connectivity index (χ0v) is 7.74. The summed E-state index contributed by atoms with van der Waals surface area (Å²) in [5.74, 6) is -0.314. The molecule has 0 aromatic heterocycles. The lowest BCUT2D eigenvalue weighted by Gasteiger charge is -2.07. The molecule has 0 bridgehead atoms. The third kappa shape index (κ3) is 1.75. The molecule has 1 N–H and O–H groups in total. The van der Waals surface area contributed by atoms with Crippen LogP contribution in [-0.4, -0.2) is 25.5 Å². The van der Waals surface area contributed by atoms with E-state index in [-0.39, 0.29) is 17.0 Å². The molecule has 0 spiro atoms. The second-order valence-corrected chi connectivity index (χ2v) is 2.93. The number of halogens is 2. The minimum atomic E-state index is -3.69. The number of hydrogen-bond acceptors (Lipinski definition) is 4. The monoisotopic (exact) mass is 216 g/mol. The van der Waals surface area contributed by atoms with Crippen molar-refractivity contribution in [2.45, 2.75) is 6.29 Å². The van der Waals surface area contributed by atoms with Crippen LogP contribution in [0.1, 0.15) is 0 Å². The van der Waals surface area contributed by atoms with Gasteiger partial charge in [0.2, 0.25) is 0 Å². The van der Waals surface area contributed by atoms with E-state index in [1.54, 1.807) is 0 Å². The maximum atomic E-state index is 12.7. The Morgan fingerprint density at radius 3 is 2.80 bits per heavy atom. The zero-order valence-electron chi connectivity index (χ0n) is 7.74. The molecule has 1 aliphatic rings. The molecule has 1 aliphatic heterocycles. The van der Waals surface area contributed by atoms with Gasteiger partial charge in [0.05, 0.1) is 0 Å². The predicted octanol–water partition coefficient (Wildman–Crippen LogP) is 0.342. The normalized spacial score (nSPS) is 16.5. The van der Waals surface area contributed by atoms with Crippen LogP contribution in [0.25, 0.3) is 0 Å². The highest BCUT2D eigenvalue weighted by Gasteiger charge is 2.45. The number of para-hydroxylation sites is 1. The summed E-state index contributed by atoms with van der Waals surface area (Å²) in [4.78, 5) is 0. The van der Waals surface area contributed by atoms with Crippen molar-refractivity contribution >= 4 is 12.6 Å². The molecule has 0 saturated heterocycles. The summed E-state index contributed by atoms with van der Waals surface area (Å²) in [5.41, 5.74) is 0.104. The van der Waals surface area contributed by atoms with E-state index in [2.05, 4.69) is 14.1 Å². The second kappa shape index (κ2) is 3.35. The van der Waals surface area contributed by atoms with Crippen LogP contribution in [0.3, 0.4) is 0 Å². The Bertz CT molecular complexity index is 385. The highest BCUT2D eigenvalue weighted by atomic mass is 19.3. The van der Waals surface area contributed by atoms with Gasteiger partial charge in [0.1, 0.15) is 0 Å². The van der Waals surface area contributed by atoms with Gasteiger partial charge < -0.3 is 19.2 Å². The van der Waals surface area contributed by atoms with Crippen molar-refractivity contribution in [1.82, 2.24) is 0 Å². The van der Waals surface area contributed by atoms with Gasteiger partial charge in [0, 0.05) is 12.6 Å². The topological polar surface area (TPSA) is 47.9 Å². The molecule has 7 heteroatoms. The molecule has 4 nitrogen and oxygen atoms in total. The fourth-order valence-electron chi connectivity index (χ4n) is 1.31. The van der Waals surface area contributed by atoms with Crippen molar-refractivity contribution in [3.05, 3.63) is 18.2 Å². The summed E-state index contributed by atoms with van der Waals surface area (Å²) in [6, 6.07) is 4.20. The Kier molecular flexibility index (Phi) is 2.28. The number of benzene rings is 1. The second-order valence-electron chi connectivity index (χ2n) is 2.93. The van der Waals surface area contributed by atoms with Gasteiger partial charge in [0.15, 0.2) is 11.5 Å². The molecule has 2 rings (SSSR count). The van der Waals surface area contributed by atoms with Crippen LogP contribution in [0.2, 0.25) is 0 Å². The largest absolute Gasteiger partial charge is 0.586 e. The van der Waals surface area contributed by atoms with Gasteiger partial charge in [-0.2, -0.15) is 0 Å². The van der Waals surface area contributed by atoms with Gasteiger partial charge >= 0.3 is 13.4 Å². The smallest absolute Gasteiger partial charge is 0.423 e. The van der Waals surface area contributed by atoms with Gasteiger partial charge in [-0.05, 0) is 6.07 Å². The third-order valence-electron chi connectivity index (χ3n) is 1.95. The molecule has 0 amide bonds. The maximum Gasteiger partial charge on any atom is 0.586 e. The quantitative estimate of drug-likeness (QED) is 0.724. The molecule has 0 fully saturated rings. The lowest BCUT2D eigenvalue weighted by molar-refractivity contribution is -0.286. The molecular formula is C8H7BF2O4. The average molecular weight is 216 g/mol. The summed E-state index contributed by atoms with van der Waals surface area (Å²) >= 11 is 0. The Labute approximate surface area is 84.5 Å². The molecule has 0 saturated carbocycles. The summed E-state index contributed by atoms with van der Waals surface area (Å²) in [7, 11) is -0.0738. The van der Waals surface area contributed by atoms with Crippen LogP contribution in [0, 0.1) is 0 Å². The van der Waals surface area contributed by atoms with Crippen molar-refractivity contribution in [1.29, 1.82) is 0 Å². The molecule has 80 valence electrons. The summed E-state index contributed by atoms with van der Waals surface area (Å²) in [5, 5.41) is 9.36. The molecule has 15 heavy (non-hydrogen) atoms. The Hall–Kier alpha value is -1.34. The highest BCUT2D eigenvalue weighted by molar-refractivity contribution is 6.61. The van der Waals surface area contributed by atoms with Crippen molar-refractivity contribution in [3.63, 3.8) is 0 Å². The molecule has 1 aromatic rings. The third-order valence-corrected chi connectivity index (χ3v) is 1.95. The van der Waals surface area contributed by atoms with Gasteiger partial charge in [-0.25, -0.2) is 0 Å². The predicted molar refractivity (Wildman–Crippen MR) is 47.3 cm³/mol. The maximum absolute atomic E-state index is 12.7. The van der Waals surface area contributed by atoms with E-state index in [0.29, 0.717) is 0 Å². The Morgan fingerprint density at radius 2 is 2.13 bits per heavy atom. The summed E-state index contributed by atoms with van der Waals surface area (Å²) < 4.78 is 38.5. The summed E-state index contributed by atoms with van der Waals surface area (Å²) in [6.07, 6.45) is -3.69. The fraction of sp³-hybridized carbons (Fsp3) is 0.250. The van der Waals surface area contributed by atoms with Crippen LogP contribution in [0.15, 0.2) is 18.2 Å². The lowest BCUT2D eigenvalue weighted by Crippen LogP contribution is -2.34. The number of fused-ring (bicyclic) bond motifs is 1. The first-order chi connectivity index (χ1) is 7.03. The zero-order chi connectivity index (χ0) is 11.1. The van der Waals surface area contributed by atoms with Gasteiger partial charge in [0.25, 0.3) is 0 Å². The molecule has 0 aliphatic carbocycles. The van der Waals surface area contributed by atoms with Gasteiger partial charge in [-0.3, -0.25) is 0 Å². The first-order valence-electron chi connectivity index (χ1n) is 4.13. The van der Waals surface area contributed by atoms with E-state index in [4.69, 9.17) is 0 Å². The van der Waals surface area contributed by atoms with E-state index in [1.165, 1.54) is 25.3 Å². The number of ether oxygens (including phenoxy) is 2. The van der Waals surface area contributed by atoms with Crippen molar-refractivity contribution in [2.24, 2.45) is 0 Å². The van der Waals surface area contributed by atoms with Crippen LogP contribution < -0.4 is 14.9 Å². The summed E-state index contributed by atoms with van der Waals surface area (Å²) in [6.45, 7) is 0. The first kappa shape index (κ1) is 10.2. The van der Waals surface area contributed by atoms with Crippen LogP contribution in [-0.2, 0) is 4.65 Å². The molecule has 1 aromatic carbocycles. The van der Waals surface area contributed by atoms with Crippen LogP contribution in [0.5, 0.6) is 11.5 Å². The van der Waals surface area contributed by atoms with Crippen molar-refractivity contribution < 1.29 is 27.9 Å². The molecule has 1 heterocycles. The van der Waals surface area contributed by atoms with E-state index >= 15 is 0 Å². The molecule has 0 unspecified atom stereocenters. The number of rotatable bonds is 2. The van der Waals surface area contributed by atoms with Crippen molar-refractivity contribution in [3.8, 4) is 11.5 Å². The van der Waals surface area contributed by atoms with E-state index in [9.17, 15) is 13.8 Å². The van der Waals surface area contributed by atoms with E-state index < -0.39 is 13.4 Å². The Balaban J connectivity index is 2.41. The molecule has 0 radical (unpaired) electrons. The standard InChI is InChI=1S/C8H7BF2O4/c1-13-9(12)5-3-2-4-6-7(5)15-8(10,11)14-6/h2-4,12H,1H3. The van der Waals surface area contributed by atoms with Crippen molar-refractivity contribution in [2.75, 3.05) is 7.11 Å². The lowest BCUT2D eigenvalue weighted by atomic mass is 9.79. The van der Waals surface area contributed by atoms with E-state index in [0.717, 1.165) is 0 Å². The number of alkyl halides is 2. The van der Waals surface area contributed by atoms with Gasteiger partial charge in [-0.15, -0.1) is 8.78 Å². The Morgan fingerprint density at radius 1 is 1.40 bits per heavy atom. The fourth-order valence-corrected chi connectivity index (χ4v) is 1.31. The number of hydrogen-bond donors (Lipinski definition) is 1. The highest BCUT2D eigenvalue weighted by Crippen LogP contribution is 2.39. The SMILES string of the molecule is COB(O)c1cccc2c1OC(F)(F)O2.